The lowest BCUT2D eigenvalue weighted by Crippen LogP contribution is -2.03. The Morgan fingerprint density at radius 1 is 1.25 bits per heavy atom. The molecule has 2 aromatic heterocycles. The molecule has 0 saturated heterocycles. The molecule has 1 aromatic carbocycles. The number of anilines is 1. The van der Waals surface area contributed by atoms with Gasteiger partial charge in [-0.2, -0.15) is 5.10 Å². The predicted molar refractivity (Wildman–Crippen MR) is 81.2 cm³/mol. The molecule has 3 aromatic rings. The van der Waals surface area contributed by atoms with Crippen LogP contribution in [0, 0.1) is 13.8 Å². The van der Waals surface area contributed by atoms with Crippen LogP contribution in [0.2, 0.25) is 5.02 Å². The molecule has 102 valence electrons. The largest absolute Gasteiger partial charge is 0.381 e. The van der Waals surface area contributed by atoms with E-state index in [1.165, 1.54) is 0 Å². The van der Waals surface area contributed by atoms with E-state index in [2.05, 4.69) is 15.4 Å². The Hall–Kier alpha value is -2.07. The third kappa shape index (κ3) is 2.60. The molecule has 5 heteroatoms. The van der Waals surface area contributed by atoms with E-state index in [4.69, 9.17) is 11.6 Å². The third-order valence-corrected chi connectivity index (χ3v) is 3.40. The maximum atomic E-state index is 5.95. The Balaban J connectivity index is 1.79. The molecule has 20 heavy (non-hydrogen) atoms. The normalized spacial score (nSPS) is 10.9. The number of hydrogen-bond acceptors (Lipinski definition) is 3. The minimum absolute atomic E-state index is 0.699. The van der Waals surface area contributed by atoms with Crippen LogP contribution in [0.25, 0.3) is 5.65 Å². The first-order chi connectivity index (χ1) is 9.61. The van der Waals surface area contributed by atoms with Gasteiger partial charge in [0.05, 0.1) is 5.69 Å². The molecule has 0 amide bonds. The average molecular weight is 287 g/mol. The summed E-state index contributed by atoms with van der Waals surface area (Å²) in [5, 5.41) is 8.51. The fourth-order valence-electron chi connectivity index (χ4n) is 2.15. The van der Waals surface area contributed by atoms with Crippen LogP contribution in [0.4, 0.5) is 5.69 Å². The molecule has 0 saturated carbocycles. The number of nitrogens with one attached hydrogen (secondary N) is 1. The summed E-state index contributed by atoms with van der Waals surface area (Å²) in [4.78, 5) is 4.39. The van der Waals surface area contributed by atoms with Crippen LogP contribution in [-0.2, 0) is 6.54 Å². The molecule has 0 aliphatic rings. The maximum Gasteiger partial charge on any atom is 0.155 e. The van der Waals surface area contributed by atoms with Gasteiger partial charge in [0.25, 0.3) is 0 Å². The first-order valence-corrected chi connectivity index (χ1v) is 6.80. The summed E-state index contributed by atoms with van der Waals surface area (Å²) in [7, 11) is 0. The highest BCUT2D eigenvalue weighted by Crippen LogP contribution is 2.20. The van der Waals surface area contributed by atoms with Crippen molar-refractivity contribution in [1.29, 1.82) is 0 Å². The minimum Gasteiger partial charge on any atom is -0.381 e. The van der Waals surface area contributed by atoms with Crippen LogP contribution in [0.5, 0.6) is 0 Å². The first-order valence-electron chi connectivity index (χ1n) is 6.43. The fraction of sp³-hybridized carbons (Fsp3) is 0.200. The lowest BCUT2D eigenvalue weighted by atomic mass is 10.2. The van der Waals surface area contributed by atoms with Gasteiger partial charge in [0.1, 0.15) is 0 Å². The summed E-state index contributed by atoms with van der Waals surface area (Å²) in [5.74, 6) is 0. The molecular weight excluding hydrogens is 272 g/mol. The van der Waals surface area contributed by atoms with Crippen LogP contribution in [0.3, 0.4) is 0 Å². The Bertz CT molecular complexity index is 764. The van der Waals surface area contributed by atoms with Gasteiger partial charge in [0, 0.05) is 41.3 Å². The van der Waals surface area contributed by atoms with Crippen molar-refractivity contribution in [2.45, 2.75) is 20.4 Å². The summed E-state index contributed by atoms with van der Waals surface area (Å²) in [6.45, 7) is 4.69. The second kappa shape index (κ2) is 5.13. The molecule has 2 heterocycles. The van der Waals surface area contributed by atoms with Crippen LogP contribution in [0.15, 0.2) is 36.7 Å². The van der Waals surface area contributed by atoms with Gasteiger partial charge >= 0.3 is 0 Å². The van der Waals surface area contributed by atoms with Gasteiger partial charge in [-0.15, -0.1) is 0 Å². The monoisotopic (exact) mass is 286 g/mol. The van der Waals surface area contributed by atoms with E-state index in [-0.39, 0.29) is 0 Å². The Labute approximate surface area is 122 Å². The quantitative estimate of drug-likeness (QED) is 0.800. The van der Waals surface area contributed by atoms with E-state index in [1.807, 2.05) is 50.5 Å². The highest BCUT2D eigenvalue weighted by Gasteiger charge is 2.02. The zero-order valence-corrected chi connectivity index (χ0v) is 12.1. The van der Waals surface area contributed by atoms with E-state index in [0.29, 0.717) is 6.54 Å². The number of halogens is 1. The lowest BCUT2D eigenvalue weighted by Gasteiger charge is -2.09. The van der Waals surface area contributed by atoms with Crippen molar-refractivity contribution in [1.82, 2.24) is 14.6 Å². The van der Waals surface area contributed by atoms with Crippen LogP contribution < -0.4 is 5.32 Å². The van der Waals surface area contributed by atoms with Crippen molar-refractivity contribution in [2.75, 3.05) is 5.32 Å². The molecule has 0 aliphatic carbocycles. The molecule has 0 bridgehead atoms. The van der Waals surface area contributed by atoms with Crippen molar-refractivity contribution < 1.29 is 0 Å². The van der Waals surface area contributed by atoms with E-state index in [9.17, 15) is 0 Å². The van der Waals surface area contributed by atoms with E-state index in [1.54, 1.807) is 4.52 Å². The van der Waals surface area contributed by atoms with E-state index < -0.39 is 0 Å². The smallest absolute Gasteiger partial charge is 0.155 e. The number of aryl methyl sites for hydroxylation is 2. The van der Waals surface area contributed by atoms with E-state index >= 15 is 0 Å². The summed E-state index contributed by atoms with van der Waals surface area (Å²) >= 11 is 5.95. The third-order valence-electron chi connectivity index (χ3n) is 3.16. The topological polar surface area (TPSA) is 42.2 Å². The molecule has 0 spiro atoms. The number of nitrogens with zero attached hydrogens (tertiary/aromatic N) is 3. The van der Waals surface area contributed by atoms with Crippen molar-refractivity contribution in [3.05, 3.63) is 58.5 Å². The van der Waals surface area contributed by atoms with Gasteiger partial charge in [-0.1, -0.05) is 11.6 Å². The van der Waals surface area contributed by atoms with Crippen LogP contribution in [0.1, 0.15) is 16.8 Å². The molecule has 0 radical (unpaired) electrons. The SMILES string of the molecule is Cc1cc2ncc(CNc3ccc(Cl)cc3C)cn2n1. The molecule has 3 rings (SSSR count). The standard InChI is InChI=1S/C15H15ClN4/c1-10-5-13(16)3-4-14(10)17-7-12-8-18-15-6-11(2)19-20(15)9-12/h3-6,8-9,17H,7H2,1-2H3. The molecule has 0 aliphatic heterocycles. The number of hydrogen-bond donors (Lipinski definition) is 1. The summed E-state index contributed by atoms with van der Waals surface area (Å²) in [6.07, 6.45) is 3.86. The zero-order valence-electron chi connectivity index (χ0n) is 11.4. The highest BCUT2D eigenvalue weighted by molar-refractivity contribution is 6.30. The Morgan fingerprint density at radius 3 is 2.90 bits per heavy atom. The van der Waals surface area contributed by atoms with Crippen molar-refractivity contribution in [3.8, 4) is 0 Å². The highest BCUT2D eigenvalue weighted by atomic mass is 35.5. The summed E-state index contributed by atoms with van der Waals surface area (Å²) in [6, 6.07) is 7.78. The molecule has 0 atom stereocenters. The number of rotatable bonds is 3. The number of benzene rings is 1. The second-order valence-electron chi connectivity index (χ2n) is 4.86. The van der Waals surface area contributed by atoms with Crippen molar-refractivity contribution in [3.63, 3.8) is 0 Å². The van der Waals surface area contributed by atoms with Gasteiger partial charge in [-0.25, -0.2) is 9.50 Å². The zero-order chi connectivity index (χ0) is 14.1. The Morgan fingerprint density at radius 2 is 2.10 bits per heavy atom. The van der Waals surface area contributed by atoms with Crippen LogP contribution in [-0.4, -0.2) is 14.6 Å². The van der Waals surface area contributed by atoms with Gasteiger partial charge in [-0.3, -0.25) is 0 Å². The lowest BCUT2D eigenvalue weighted by molar-refractivity contribution is 0.895. The van der Waals surface area contributed by atoms with Crippen molar-refractivity contribution >= 4 is 22.9 Å². The van der Waals surface area contributed by atoms with Gasteiger partial charge in [0.15, 0.2) is 5.65 Å². The summed E-state index contributed by atoms with van der Waals surface area (Å²) < 4.78 is 1.81. The van der Waals surface area contributed by atoms with Gasteiger partial charge in [0.2, 0.25) is 0 Å². The molecule has 4 nitrogen and oxygen atoms in total. The van der Waals surface area contributed by atoms with Crippen LogP contribution >= 0.6 is 11.6 Å². The fourth-order valence-corrected chi connectivity index (χ4v) is 2.37. The number of fused-ring (bicyclic) bond motifs is 1. The minimum atomic E-state index is 0.699. The first kappa shape index (κ1) is 12.9. The Kier molecular flexibility index (Phi) is 3.32. The summed E-state index contributed by atoms with van der Waals surface area (Å²) in [5.41, 5.74) is 5.12. The molecule has 0 fully saturated rings. The predicted octanol–water partition coefficient (Wildman–Crippen LogP) is 3.61. The van der Waals surface area contributed by atoms with Gasteiger partial charge < -0.3 is 5.32 Å². The van der Waals surface area contributed by atoms with Crippen molar-refractivity contribution in [2.24, 2.45) is 0 Å². The van der Waals surface area contributed by atoms with Gasteiger partial charge in [-0.05, 0) is 37.6 Å². The molecule has 1 N–H and O–H groups in total. The maximum absolute atomic E-state index is 5.95. The number of aromatic nitrogens is 3. The average Bonchev–Trinajstić information content (AvgIpc) is 2.77. The second-order valence-corrected chi connectivity index (χ2v) is 5.30. The molecular formula is C15H15ClN4. The molecule has 0 unspecified atom stereocenters. The van der Waals surface area contributed by atoms with E-state index in [0.717, 1.165) is 33.2 Å².